The SMILES string of the molecule is COc1ccc(/C(=N/OCC(=O)N2CCN(Cc3ccc4c(c3)OCO4)CC2)c2nccc3cc(OC)c(OC)cc23)cc1OC. The van der Waals surface area contributed by atoms with Crippen LogP contribution in [0.2, 0.25) is 0 Å². The Hall–Kier alpha value is -5.23. The molecule has 0 spiro atoms. The summed E-state index contributed by atoms with van der Waals surface area (Å²) in [5.74, 6) is 3.62. The molecule has 0 unspecified atom stereocenters. The van der Waals surface area contributed by atoms with Gasteiger partial charge in [0.25, 0.3) is 5.91 Å². The van der Waals surface area contributed by atoms with Crippen molar-refractivity contribution in [3.63, 3.8) is 0 Å². The van der Waals surface area contributed by atoms with E-state index < -0.39 is 0 Å². The van der Waals surface area contributed by atoms with Crippen LogP contribution in [0.4, 0.5) is 0 Å². The fourth-order valence-corrected chi connectivity index (χ4v) is 5.60. The lowest BCUT2D eigenvalue weighted by molar-refractivity contribution is -0.137. The molecule has 12 nitrogen and oxygen atoms in total. The molecule has 0 aliphatic carbocycles. The lowest BCUT2D eigenvalue weighted by atomic mass is 10.0. The summed E-state index contributed by atoms with van der Waals surface area (Å²) in [7, 11) is 6.31. The number of amides is 1. The molecule has 46 heavy (non-hydrogen) atoms. The minimum atomic E-state index is -0.221. The van der Waals surface area contributed by atoms with E-state index in [1.165, 1.54) is 0 Å². The Morgan fingerprint density at radius 1 is 0.804 bits per heavy atom. The number of oxime groups is 1. The van der Waals surface area contributed by atoms with E-state index in [-0.39, 0.29) is 19.3 Å². The zero-order chi connectivity index (χ0) is 32.0. The summed E-state index contributed by atoms with van der Waals surface area (Å²) in [4.78, 5) is 27.7. The first kappa shape index (κ1) is 30.8. The molecule has 0 bridgehead atoms. The van der Waals surface area contributed by atoms with Crippen molar-refractivity contribution in [3.8, 4) is 34.5 Å². The van der Waals surface area contributed by atoms with Crippen molar-refractivity contribution in [3.05, 3.63) is 77.6 Å². The molecule has 3 heterocycles. The molecule has 2 aliphatic heterocycles. The number of rotatable bonds is 11. The number of pyridine rings is 1. The van der Waals surface area contributed by atoms with Crippen LogP contribution in [0, 0.1) is 0 Å². The van der Waals surface area contributed by atoms with Crippen LogP contribution in [-0.2, 0) is 16.2 Å². The predicted octanol–water partition coefficient (Wildman–Crippen LogP) is 4.11. The van der Waals surface area contributed by atoms with Crippen molar-refractivity contribution in [2.75, 3.05) is 68.0 Å². The molecule has 240 valence electrons. The highest BCUT2D eigenvalue weighted by Gasteiger charge is 2.23. The number of fused-ring (bicyclic) bond motifs is 2. The van der Waals surface area contributed by atoms with Crippen LogP contribution in [-0.4, -0.2) is 94.4 Å². The molecule has 0 saturated carbocycles. The maximum atomic E-state index is 13.2. The fourth-order valence-electron chi connectivity index (χ4n) is 5.60. The molecule has 2 aliphatic rings. The molecule has 12 heteroatoms. The molecular formula is C34H36N4O8. The van der Waals surface area contributed by atoms with Gasteiger partial charge in [0.2, 0.25) is 6.79 Å². The largest absolute Gasteiger partial charge is 0.493 e. The Balaban J connectivity index is 1.19. The van der Waals surface area contributed by atoms with E-state index in [0.717, 1.165) is 47.5 Å². The van der Waals surface area contributed by atoms with E-state index in [4.69, 9.17) is 33.3 Å². The number of nitrogens with zero attached hydrogens (tertiary/aromatic N) is 4. The van der Waals surface area contributed by atoms with Gasteiger partial charge in [0.1, 0.15) is 11.4 Å². The van der Waals surface area contributed by atoms with Gasteiger partial charge in [0, 0.05) is 49.9 Å². The van der Waals surface area contributed by atoms with E-state index >= 15 is 0 Å². The minimum absolute atomic E-state index is 0.143. The topological polar surface area (TPSA) is 113 Å². The monoisotopic (exact) mass is 628 g/mol. The van der Waals surface area contributed by atoms with Crippen LogP contribution in [0.3, 0.4) is 0 Å². The van der Waals surface area contributed by atoms with Gasteiger partial charge in [-0.3, -0.25) is 14.7 Å². The molecule has 1 aromatic heterocycles. The zero-order valence-corrected chi connectivity index (χ0v) is 26.3. The predicted molar refractivity (Wildman–Crippen MR) is 170 cm³/mol. The average molecular weight is 629 g/mol. The quantitative estimate of drug-likeness (QED) is 0.178. The maximum Gasteiger partial charge on any atom is 0.263 e. The number of carbonyl (C=O) groups excluding carboxylic acids is 1. The third-order valence-corrected chi connectivity index (χ3v) is 8.06. The van der Waals surface area contributed by atoms with Gasteiger partial charge in [-0.05, 0) is 59.5 Å². The van der Waals surface area contributed by atoms with Gasteiger partial charge in [-0.15, -0.1) is 0 Å². The van der Waals surface area contributed by atoms with Gasteiger partial charge in [0.05, 0.1) is 28.4 Å². The number of piperazine rings is 1. The van der Waals surface area contributed by atoms with Crippen LogP contribution < -0.4 is 28.4 Å². The third kappa shape index (κ3) is 6.43. The van der Waals surface area contributed by atoms with Crippen LogP contribution in [0.5, 0.6) is 34.5 Å². The van der Waals surface area contributed by atoms with Crippen LogP contribution in [0.25, 0.3) is 10.8 Å². The second kappa shape index (κ2) is 13.8. The highest BCUT2D eigenvalue weighted by atomic mass is 16.7. The third-order valence-electron chi connectivity index (χ3n) is 8.06. The van der Waals surface area contributed by atoms with E-state index in [1.807, 2.05) is 42.5 Å². The number of benzene rings is 3. The van der Waals surface area contributed by atoms with Gasteiger partial charge in [0.15, 0.2) is 41.1 Å². The number of hydrogen-bond donors (Lipinski definition) is 0. The maximum absolute atomic E-state index is 13.2. The fraction of sp³-hybridized carbons (Fsp3) is 0.324. The molecule has 4 aromatic rings. The summed E-state index contributed by atoms with van der Waals surface area (Å²) >= 11 is 0. The molecule has 0 atom stereocenters. The Morgan fingerprint density at radius 3 is 2.28 bits per heavy atom. The van der Waals surface area contributed by atoms with E-state index in [2.05, 4.69) is 15.0 Å². The Bertz CT molecular complexity index is 1750. The van der Waals surface area contributed by atoms with Gasteiger partial charge >= 0.3 is 0 Å². The highest BCUT2D eigenvalue weighted by Crippen LogP contribution is 2.35. The van der Waals surface area contributed by atoms with Crippen LogP contribution in [0.15, 0.2) is 65.9 Å². The lowest BCUT2D eigenvalue weighted by Gasteiger charge is -2.34. The van der Waals surface area contributed by atoms with Crippen molar-refractivity contribution < 1.29 is 38.1 Å². The Kier molecular flexibility index (Phi) is 9.25. The number of carbonyl (C=O) groups is 1. The number of aromatic nitrogens is 1. The summed E-state index contributed by atoms with van der Waals surface area (Å²) < 4.78 is 33.0. The second-order valence-electron chi connectivity index (χ2n) is 10.7. The lowest BCUT2D eigenvalue weighted by Crippen LogP contribution is -2.49. The number of hydrogen-bond acceptors (Lipinski definition) is 11. The standard InChI is InChI=1S/C34H36N4O8/c1-40-26-8-6-24(17-28(26)41-2)33(34-25-18-30(43-4)29(42-3)16-23(25)9-10-35-34)36-46-20-32(39)38-13-11-37(12-14-38)19-22-5-7-27-31(15-22)45-21-44-27/h5-10,15-18H,11-14,19-21H2,1-4H3/b36-33-. The van der Waals surface area contributed by atoms with Crippen molar-refractivity contribution >= 4 is 22.4 Å². The number of ether oxygens (including phenoxy) is 6. The summed E-state index contributed by atoms with van der Waals surface area (Å²) in [6.07, 6.45) is 1.69. The van der Waals surface area contributed by atoms with Crippen molar-refractivity contribution in [1.29, 1.82) is 0 Å². The molecule has 1 fully saturated rings. The van der Waals surface area contributed by atoms with Crippen molar-refractivity contribution in [2.24, 2.45) is 5.16 Å². The molecule has 1 saturated heterocycles. The second-order valence-corrected chi connectivity index (χ2v) is 10.7. The van der Waals surface area contributed by atoms with Crippen molar-refractivity contribution in [1.82, 2.24) is 14.8 Å². The van der Waals surface area contributed by atoms with Crippen molar-refractivity contribution in [2.45, 2.75) is 6.54 Å². The van der Waals surface area contributed by atoms with E-state index in [1.54, 1.807) is 51.7 Å². The summed E-state index contributed by atoms with van der Waals surface area (Å²) in [6, 6.07) is 17.0. The first-order valence-corrected chi connectivity index (χ1v) is 14.8. The van der Waals surface area contributed by atoms with Gasteiger partial charge in [-0.2, -0.15) is 0 Å². The normalized spacial score (nSPS) is 14.7. The summed E-state index contributed by atoms with van der Waals surface area (Å²) in [5.41, 5.74) is 2.76. The molecule has 0 radical (unpaired) electrons. The van der Waals surface area contributed by atoms with Crippen LogP contribution >= 0.6 is 0 Å². The minimum Gasteiger partial charge on any atom is -0.493 e. The Morgan fingerprint density at radius 2 is 1.52 bits per heavy atom. The first-order valence-electron chi connectivity index (χ1n) is 14.8. The molecule has 3 aromatic carbocycles. The Labute approximate surface area is 267 Å². The zero-order valence-electron chi connectivity index (χ0n) is 26.3. The smallest absolute Gasteiger partial charge is 0.263 e. The van der Waals surface area contributed by atoms with Gasteiger partial charge in [-0.1, -0.05) is 11.2 Å². The van der Waals surface area contributed by atoms with E-state index in [0.29, 0.717) is 53.1 Å². The average Bonchev–Trinajstić information content (AvgIpc) is 3.57. The highest BCUT2D eigenvalue weighted by molar-refractivity contribution is 6.18. The van der Waals surface area contributed by atoms with E-state index in [9.17, 15) is 4.79 Å². The molecule has 1 amide bonds. The molecular weight excluding hydrogens is 592 g/mol. The first-order chi connectivity index (χ1) is 22.5. The van der Waals surface area contributed by atoms with Crippen LogP contribution in [0.1, 0.15) is 16.8 Å². The summed E-state index contributed by atoms with van der Waals surface area (Å²) in [6.45, 7) is 3.46. The molecule has 0 N–H and O–H groups in total. The van der Waals surface area contributed by atoms with Gasteiger partial charge in [-0.25, -0.2) is 0 Å². The molecule has 6 rings (SSSR count). The van der Waals surface area contributed by atoms with Gasteiger partial charge < -0.3 is 38.2 Å². The number of methoxy groups -OCH3 is 4. The summed E-state index contributed by atoms with van der Waals surface area (Å²) in [5, 5.41) is 6.12.